The maximum atomic E-state index is 14.1. The molecule has 23 nitrogen and oxygen atoms in total. The van der Waals surface area contributed by atoms with E-state index in [-0.39, 0.29) is 48.9 Å². The van der Waals surface area contributed by atoms with E-state index >= 15 is 0 Å². The first kappa shape index (κ1) is 55.8. The van der Waals surface area contributed by atoms with Crippen molar-refractivity contribution in [3.63, 3.8) is 0 Å². The molecule has 4 fully saturated rings. The summed E-state index contributed by atoms with van der Waals surface area (Å²) in [5, 5.41) is 88.5. The fourth-order valence-electron chi connectivity index (χ4n) is 10.9. The van der Waals surface area contributed by atoms with E-state index in [1.54, 1.807) is 41.9 Å². The number of carbonyl (C=O) groups is 3. The summed E-state index contributed by atoms with van der Waals surface area (Å²) in [6.07, 6.45) is -8.42. The highest BCUT2D eigenvalue weighted by Crippen LogP contribution is 2.39. The van der Waals surface area contributed by atoms with Crippen molar-refractivity contribution in [3.8, 4) is 0 Å². The van der Waals surface area contributed by atoms with Crippen molar-refractivity contribution >= 4 is 34.4 Å². The maximum Gasteiger partial charge on any atom is 0.338 e. The van der Waals surface area contributed by atoms with Gasteiger partial charge in [-0.2, -0.15) is 0 Å². The number of aromatic nitrogens is 4. The van der Waals surface area contributed by atoms with Crippen LogP contribution in [0.15, 0.2) is 67.0 Å². The van der Waals surface area contributed by atoms with Gasteiger partial charge in [0, 0.05) is 61.0 Å². The number of ether oxygens (including phenoxy) is 6. The van der Waals surface area contributed by atoms with Crippen molar-refractivity contribution in [3.05, 3.63) is 88.4 Å². The molecular weight excluding hydrogens is 981 g/mol. The van der Waals surface area contributed by atoms with E-state index in [1.165, 1.54) is 25.1 Å². The van der Waals surface area contributed by atoms with Gasteiger partial charge in [-0.05, 0) is 81.5 Å². The molecule has 2 aromatic carbocycles. The Kier molecular flexibility index (Phi) is 19.0. The summed E-state index contributed by atoms with van der Waals surface area (Å²) < 4.78 is 41.2. The van der Waals surface area contributed by atoms with E-state index in [0.29, 0.717) is 25.9 Å². The van der Waals surface area contributed by atoms with Gasteiger partial charge >= 0.3 is 11.9 Å². The standard InChI is InChI=1S/C52H70N6O17/c1-29-23-34(48(64)53-19-9-15-35-27-57(55-54-35)21-10-20-56-22-18-33-25-36(58(68)69)16-17-37(33)56)26-38(45(29)75-51-44(63)43(62)41(60)30(2)70-51)72-52-47(74-50(67)32-13-7-4-8-14-32)46(42(61)40(28-59)73-52)71-39(49(65)66)24-31-11-5-3-6-12-31/h4,7-8,13-14,16-18,22,25,27,29-31,34,38-47,51-52,59-63H,3,5-6,9-12,15,19-21,23-24,26,28H2,1-2H3,(H,53,64)(H,65,66)/t29-,30?,34?,38-,39+,40+,41-,42+,43?,44+,45?,46?,47?,51+,52-/m1/s1. The van der Waals surface area contributed by atoms with E-state index in [2.05, 4.69) is 15.6 Å². The maximum absolute atomic E-state index is 14.1. The molecule has 2 saturated carbocycles. The number of fused-ring (bicyclic) bond motifs is 1. The molecule has 2 aliphatic carbocycles. The fraction of sp³-hybridized carbons (Fsp3) is 0.635. The number of carboxylic acids is 1. The second kappa shape index (κ2) is 25.6. The molecule has 4 aliphatic rings. The number of carbonyl (C=O) groups excluding carboxylic acids is 2. The van der Waals surface area contributed by atoms with Crippen molar-refractivity contribution in [1.82, 2.24) is 24.9 Å². The average Bonchev–Trinajstić information content (AvgIpc) is 4.04. The van der Waals surface area contributed by atoms with Crippen LogP contribution in [0.4, 0.5) is 5.69 Å². The SMILES string of the molecule is CC1O[C@@H](OC2[C@H](C)CC(C(=O)NCCCc3cn(CCCn4ccc5cc([N+](=O)[O-])ccc54)nn3)C[C@H]2O[C@@H]2O[C@@H](CO)[C@H](O)C(O[C@@H](CC3CCCCC3)C(=O)O)C2OC(=O)c2ccccc2)[C@@H](O)C(O)[C@@H]1O. The molecule has 2 aromatic heterocycles. The van der Waals surface area contributed by atoms with Gasteiger partial charge in [-0.15, -0.1) is 5.10 Å². The van der Waals surface area contributed by atoms with Crippen molar-refractivity contribution in [2.75, 3.05) is 13.2 Å². The van der Waals surface area contributed by atoms with Gasteiger partial charge in [-0.3, -0.25) is 19.6 Å². The number of rotatable bonds is 22. The summed E-state index contributed by atoms with van der Waals surface area (Å²) in [6, 6.07) is 14.6. The molecule has 0 radical (unpaired) electrons. The van der Waals surface area contributed by atoms with Crippen LogP contribution in [0.1, 0.15) is 94.1 Å². The van der Waals surface area contributed by atoms with Gasteiger partial charge in [0.25, 0.3) is 5.69 Å². The minimum Gasteiger partial charge on any atom is -0.479 e. The quantitative estimate of drug-likeness (QED) is 0.0257. The zero-order valence-corrected chi connectivity index (χ0v) is 42.1. The smallest absolute Gasteiger partial charge is 0.338 e. The number of hydrogen-bond acceptors (Lipinski definition) is 18. The van der Waals surface area contributed by atoms with Crippen LogP contribution in [0.5, 0.6) is 0 Å². The number of esters is 1. The molecule has 75 heavy (non-hydrogen) atoms. The van der Waals surface area contributed by atoms with E-state index in [9.17, 15) is 55.1 Å². The summed E-state index contributed by atoms with van der Waals surface area (Å²) >= 11 is 0. The normalized spacial score (nSPS) is 30.9. The number of non-ortho nitro benzene ring substituents is 1. The van der Waals surface area contributed by atoms with Gasteiger partial charge in [0.2, 0.25) is 5.91 Å². The molecule has 0 bridgehead atoms. The number of aliphatic carboxylic acids is 1. The first-order valence-electron chi connectivity index (χ1n) is 26.1. The van der Waals surface area contributed by atoms with Crippen molar-refractivity contribution < 1.29 is 78.4 Å². The number of carboxylic acid groups (broad SMARTS) is 1. The Labute approximate surface area is 433 Å². The highest BCUT2D eigenvalue weighted by Gasteiger charge is 2.54. The Morgan fingerprint density at radius 3 is 2.39 bits per heavy atom. The number of aliphatic hydroxyl groups excluding tert-OH is 5. The van der Waals surface area contributed by atoms with Crippen molar-refractivity contribution in [1.29, 1.82) is 0 Å². The molecule has 0 spiro atoms. The number of hydrogen-bond donors (Lipinski definition) is 7. The highest BCUT2D eigenvalue weighted by molar-refractivity contribution is 5.89. The third-order valence-corrected chi connectivity index (χ3v) is 15.0. The molecule has 6 unspecified atom stereocenters. The lowest BCUT2D eigenvalue weighted by Crippen LogP contribution is -2.64. The van der Waals surface area contributed by atoms with Gasteiger partial charge in [0.05, 0.1) is 41.1 Å². The fourth-order valence-corrected chi connectivity index (χ4v) is 10.9. The van der Waals surface area contributed by atoms with Crippen LogP contribution in [0.25, 0.3) is 10.9 Å². The Hall–Kier alpha value is -5.47. The Bertz CT molecular complexity index is 2520. The predicted octanol–water partition coefficient (Wildman–Crippen LogP) is 3.04. The lowest BCUT2D eigenvalue weighted by Gasteiger charge is -2.48. The van der Waals surface area contributed by atoms with Crippen LogP contribution in [0.3, 0.4) is 0 Å². The molecule has 23 heteroatoms. The van der Waals surface area contributed by atoms with E-state index in [0.717, 1.165) is 55.1 Å². The summed E-state index contributed by atoms with van der Waals surface area (Å²) in [5.41, 5.74) is 1.78. The van der Waals surface area contributed by atoms with Crippen LogP contribution >= 0.6 is 0 Å². The van der Waals surface area contributed by atoms with Crippen LogP contribution in [0.2, 0.25) is 0 Å². The second-order valence-electron chi connectivity index (χ2n) is 20.5. The van der Waals surface area contributed by atoms with E-state index in [1.807, 2.05) is 23.0 Å². The topological polar surface area (TPSA) is 319 Å². The van der Waals surface area contributed by atoms with Crippen molar-refractivity contribution in [2.45, 2.75) is 177 Å². The van der Waals surface area contributed by atoms with Gasteiger partial charge < -0.3 is 68.9 Å². The molecule has 4 aromatic rings. The molecule has 1 amide bonds. The van der Waals surface area contributed by atoms with Gasteiger partial charge in [-0.25, -0.2) is 9.59 Å². The number of benzene rings is 2. The van der Waals surface area contributed by atoms with Crippen molar-refractivity contribution in [2.24, 2.45) is 17.8 Å². The average molecular weight is 1050 g/mol. The van der Waals surface area contributed by atoms with Gasteiger partial charge in [-0.1, -0.05) is 62.4 Å². The second-order valence-corrected chi connectivity index (χ2v) is 20.5. The van der Waals surface area contributed by atoms with Crippen LogP contribution in [0, 0.1) is 27.9 Å². The number of nitrogens with one attached hydrogen (secondary N) is 1. The molecule has 2 saturated heterocycles. The number of nitro groups is 1. The summed E-state index contributed by atoms with van der Waals surface area (Å²) in [4.78, 5) is 51.6. The first-order chi connectivity index (χ1) is 36.1. The molecule has 410 valence electrons. The Morgan fingerprint density at radius 2 is 1.65 bits per heavy atom. The third-order valence-electron chi connectivity index (χ3n) is 15.0. The Balaban J connectivity index is 0.959. The molecule has 8 rings (SSSR count). The number of nitro benzene ring substituents is 1. The molecule has 2 aliphatic heterocycles. The van der Waals surface area contributed by atoms with E-state index in [4.69, 9.17) is 28.4 Å². The molecule has 4 heterocycles. The van der Waals surface area contributed by atoms with Crippen LogP contribution in [-0.4, -0.2) is 166 Å². The number of aryl methyl sites for hydroxylation is 3. The lowest BCUT2D eigenvalue weighted by atomic mass is 9.77. The Morgan fingerprint density at radius 1 is 0.880 bits per heavy atom. The molecule has 15 atom stereocenters. The largest absolute Gasteiger partial charge is 0.479 e. The summed E-state index contributed by atoms with van der Waals surface area (Å²) in [6.45, 7) is 4.06. The summed E-state index contributed by atoms with van der Waals surface area (Å²) in [5.74, 6) is -3.66. The van der Waals surface area contributed by atoms with E-state index < -0.39 is 115 Å². The molecule has 7 N–H and O–H groups in total. The monoisotopic (exact) mass is 1050 g/mol. The minimum atomic E-state index is -1.70. The summed E-state index contributed by atoms with van der Waals surface area (Å²) in [7, 11) is 0. The number of aliphatic hydroxyl groups is 5. The lowest BCUT2D eigenvalue weighted by molar-refractivity contribution is -0.384. The van der Waals surface area contributed by atoms with Crippen LogP contribution < -0.4 is 5.32 Å². The van der Waals surface area contributed by atoms with Gasteiger partial charge in [0.1, 0.15) is 36.6 Å². The zero-order chi connectivity index (χ0) is 53.3. The third kappa shape index (κ3) is 13.7. The number of nitrogens with zero attached hydrogens (tertiary/aromatic N) is 5. The molecular formula is C52H70N6O17. The zero-order valence-electron chi connectivity index (χ0n) is 42.1. The van der Waals surface area contributed by atoms with Gasteiger partial charge in [0.15, 0.2) is 24.8 Å². The van der Waals surface area contributed by atoms with Crippen LogP contribution in [-0.2, 0) is 57.5 Å². The first-order valence-corrected chi connectivity index (χ1v) is 26.1. The predicted molar refractivity (Wildman–Crippen MR) is 263 cm³/mol. The number of amides is 1. The minimum absolute atomic E-state index is 0.0284. The highest BCUT2D eigenvalue weighted by atomic mass is 16.7.